The van der Waals surface area contributed by atoms with Crippen molar-refractivity contribution < 1.29 is 23.9 Å². The molecule has 0 amide bonds. The quantitative estimate of drug-likeness (QED) is 0.438. The van der Waals surface area contributed by atoms with Gasteiger partial charge in [-0.15, -0.1) is 0 Å². The van der Waals surface area contributed by atoms with Crippen molar-refractivity contribution in [1.82, 2.24) is 0 Å². The molecular formula is C22H24O5. The molecular weight excluding hydrogens is 344 g/mol. The predicted octanol–water partition coefficient (Wildman–Crippen LogP) is 3.05. The van der Waals surface area contributed by atoms with Crippen molar-refractivity contribution in [2.45, 2.75) is 26.4 Å². The van der Waals surface area contributed by atoms with Gasteiger partial charge in [-0.1, -0.05) is 42.5 Å². The Labute approximate surface area is 158 Å². The zero-order chi connectivity index (χ0) is 19.1. The maximum atomic E-state index is 12.9. The molecule has 5 heteroatoms. The first kappa shape index (κ1) is 18.0. The van der Waals surface area contributed by atoms with E-state index in [1.165, 1.54) is 0 Å². The highest BCUT2D eigenvalue weighted by atomic mass is 16.5. The fraction of sp³-hybridized carbons (Fsp3) is 0.500. The van der Waals surface area contributed by atoms with Gasteiger partial charge >= 0.3 is 11.9 Å². The first-order valence-electron chi connectivity index (χ1n) is 9.61. The summed E-state index contributed by atoms with van der Waals surface area (Å²) in [6.45, 7) is 3.31. The molecule has 0 N–H and O–H groups in total. The summed E-state index contributed by atoms with van der Waals surface area (Å²) in [6, 6.07) is 8.75. The zero-order valence-corrected chi connectivity index (χ0v) is 15.5. The lowest BCUT2D eigenvalue weighted by molar-refractivity contribution is -0.169. The second kappa shape index (κ2) is 6.95. The zero-order valence-electron chi connectivity index (χ0n) is 15.5. The molecule has 1 aromatic carbocycles. The molecule has 5 nitrogen and oxygen atoms in total. The van der Waals surface area contributed by atoms with Crippen LogP contribution in [0.15, 0.2) is 42.5 Å². The van der Waals surface area contributed by atoms with Crippen LogP contribution >= 0.6 is 0 Å². The van der Waals surface area contributed by atoms with Gasteiger partial charge < -0.3 is 9.47 Å². The van der Waals surface area contributed by atoms with Gasteiger partial charge in [-0.25, -0.2) is 0 Å². The number of hydrogen-bond donors (Lipinski definition) is 0. The number of hydrogen-bond acceptors (Lipinski definition) is 5. The Kier molecular flexibility index (Phi) is 4.62. The molecule has 0 aromatic heterocycles. The summed E-state index contributed by atoms with van der Waals surface area (Å²) >= 11 is 0. The van der Waals surface area contributed by atoms with E-state index in [-0.39, 0.29) is 36.3 Å². The third kappa shape index (κ3) is 3.31. The van der Waals surface area contributed by atoms with Gasteiger partial charge in [0.05, 0.1) is 17.9 Å². The number of fused-ring (bicyclic) bond motifs is 1. The number of ether oxygens (including phenoxy) is 2. The number of benzene rings is 1. The van der Waals surface area contributed by atoms with Gasteiger partial charge in [0, 0.05) is 5.56 Å². The molecule has 142 valence electrons. The first-order chi connectivity index (χ1) is 13.0. The van der Waals surface area contributed by atoms with E-state index in [0.29, 0.717) is 17.4 Å². The predicted molar refractivity (Wildman–Crippen MR) is 97.7 cm³/mol. The van der Waals surface area contributed by atoms with E-state index < -0.39 is 17.8 Å². The minimum absolute atomic E-state index is 0.00374. The van der Waals surface area contributed by atoms with E-state index in [0.717, 1.165) is 6.42 Å². The summed E-state index contributed by atoms with van der Waals surface area (Å²) in [5, 5.41) is 0. The molecule has 0 spiro atoms. The van der Waals surface area contributed by atoms with Gasteiger partial charge in [0.25, 0.3) is 0 Å². The van der Waals surface area contributed by atoms with Crippen LogP contribution < -0.4 is 0 Å². The minimum Gasteiger partial charge on any atom is -0.463 e. The van der Waals surface area contributed by atoms with Gasteiger partial charge in [0.15, 0.2) is 12.4 Å². The van der Waals surface area contributed by atoms with Crippen molar-refractivity contribution in [3.8, 4) is 0 Å². The van der Waals surface area contributed by atoms with Crippen LogP contribution in [-0.4, -0.2) is 30.4 Å². The van der Waals surface area contributed by atoms with Crippen LogP contribution in [0, 0.1) is 35.5 Å². The molecule has 4 aliphatic carbocycles. The van der Waals surface area contributed by atoms with Gasteiger partial charge in [0.1, 0.15) is 0 Å². The highest BCUT2D eigenvalue weighted by Crippen LogP contribution is 2.63. The van der Waals surface area contributed by atoms with Crippen LogP contribution in [0.5, 0.6) is 0 Å². The third-order valence-corrected chi connectivity index (χ3v) is 5.99. The average Bonchev–Trinajstić information content (AvgIpc) is 3.48. The van der Waals surface area contributed by atoms with Crippen LogP contribution in [0.25, 0.3) is 0 Å². The number of Topliss-reactive ketones (excluding diaryl/α,β-unsaturated/α-hetero) is 1. The van der Waals surface area contributed by atoms with Crippen molar-refractivity contribution in [2.24, 2.45) is 35.5 Å². The maximum absolute atomic E-state index is 12.9. The molecule has 2 fully saturated rings. The lowest BCUT2D eigenvalue weighted by atomic mass is 9.62. The average molecular weight is 368 g/mol. The molecule has 2 saturated carbocycles. The van der Waals surface area contributed by atoms with Crippen molar-refractivity contribution in [1.29, 1.82) is 0 Å². The lowest BCUT2D eigenvalue weighted by Gasteiger charge is -2.41. The third-order valence-electron chi connectivity index (χ3n) is 5.99. The molecule has 5 rings (SSSR count). The molecule has 27 heavy (non-hydrogen) atoms. The van der Waals surface area contributed by atoms with E-state index >= 15 is 0 Å². The topological polar surface area (TPSA) is 69.7 Å². The molecule has 0 aliphatic heterocycles. The Morgan fingerprint density at radius 3 is 2.15 bits per heavy atom. The van der Waals surface area contributed by atoms with Gasteiger partial charge in [-0.05, 0) is 43.9 Å². The molecule has 0 heterocycles. The first-order valence-corrected chi connectivity index (χ1v) is 9.61. The minimum atomic E-state index is -0.557. The molecule has 2 bridgehead atoms. The Bertz CT molecular complexity index is 781. The molecule has 6 atom stereocenters. The monoisotopic (exact) mass is 368 g/mol. The summed E-state index contributed by atoms with van der Waals surface area (Å²) in [5.74, 6) is -1.14. The smallest absolute Gasteiger partial charge is 0.310 e. The van der Waals surface area contributed by atoms with E-state index in [9.17, 15) is 14.4 Å². The lowest BCUT2D eigenvalue weighted by Crippen LogP contribution is -2.48. The van der Waals surface area contributed by atoms with Gasteiger partial charge in [-0.2, -0.15) is 0 Å². The molecule has 0 saturated heterocycles. The maximum Gasteiger partial charge on any atom is 0.310 e. The fourth-order valence-electron chi connectivity index (χ4n) is 4.77. The number of esters is 2. The van der Waals surface area contributed by atoms with Crippen LogP contribution in [-0.2, 0) is 19.1 Å². The number of carbonyl (C=O) groups excluding carboxylic acids is 3. The molecule has 1 aromatic rings. The summed E-state index contributed by atoms with van der Waals surface area (Å²) < 4.78 is 10.8. The summed E-state index contributed by atoms with van der Waals surface area (Å²) in [5.41, 5.74) is 0.508. The molecule has 0 radical (unpaired) electrons. The highest BCUT2D eigenvalue weighted by Gasteiger charge is 2.63. The fourth-order valence-corrected chi connectivity index (χ4v) is 4.77. The molecule has 0 unspecified atom stereocenters. The van der Waals surface area contributed by atoms with Crippen molar-refractivity contribution in [3.63, 3.8) is 0 Å². The van der Waals surface area contributed by atoms with E-state index in [2.05, 4.69) is 12.2 Å². The van der Waals surface area contributed by atoms with E-state index in [4.69, 9.17) is 9.47 Å². The van der Waals surface area contributed by atoms with Crippen molar-refractivity contribution in [3.05, 3.63) is 48.0 Å². The van der Waals surface area contributed by atoms with Crippen LogP contribution in [0.2, 0.25) is 0 Å². The van der Waals surface area contributed by atoms with Crippen LogP contribution in [0.1, 0.15) is 30.6 Å². The van der Waals surface area contributed by atoms with Crippen molar-refractivity contribution >= 4 is 17.7 Å². The Hall–Kier alpha value is -2.43. The molecule has 4 aliphatic rings. The normalized spacial score (nSPS) is 32.7. The number of ketones is 1. The van der Waals surface area contributed by atoms with Crippen LogP contribution in [0.3, 0.4) is 0 Å². The van der Waals surface area contributed by atoms with E-state index in [1.807, 2.05) is 6.07 Å². The Morgan fingerprint density at radius 2 is 1.56 bits per heavy atom. The summed E-state index contributed by atoms with van der Waals surface area (Å²) in [7, 11) is 0. The van der Waals surface area contributed by atoms with Crippen LogP contribution in [0.4, 0.5) is 0 Å². The number of rotatable bonds is 6. The number of carbonyl (C=O) groups is 3. The summed E-state index contributed by atoms with van der Waals surface area (Å²) in [4.78, 5) is 37.8. The van der Waals surface area contributed by atoms with Crippen molar-refractivity contribution in [2.75, 3.05) is 6.61 Å². The Morgan fingerprint density at radius 1 is 0.963 bits per heavy atom. The summed E-state index contributed by atoms with van der Waals surface area (Å²) in [6.07, 6.45) is 4.95. The number of allylic oxidation sites excluding steroid dienone is 2. The standard InChI is InChI=1S/C22H24O5/c1-12(2)27-22(25)20-15-9-8-14(16-10-17(15)16)19(20)21(24)26-11-18(23)13-6-4-3-5-7-13/h3-9,12,14-17,19-20H,10-11H2,1-2H3/t14-,15+,16-,17+,19-,20+/m0/s1. The SMILES string of the molecule is CC(C)OC(=O)[C@@H]1[C@@H]2C=C[C@@H]([C@@H]3C[C@H]23)[C@@H]1C(=O)OCC(=O)c1ccccc1. The second-order valence-electron chi connectivity index (χ2n) is 8.04. The highest BCUT2D eigenvalue weighted by molar-refractivity contribution is 5.98. The largest absolute Gasteiger partial charge is 0.463 e. The second-order valence-corrected chi connectivity index (χ2v) is 8.04. The van der Waals surface area contributed by atoms with E-state index in [1.54, 1.807) is 38.1 Å². The Balaban J connectivity index is 1.48. The van der Waals surface area contributed by atoms with Gasteiger partial charge in [-0.3, -0.25) is 14.4 Å². The van der Waals surface area contributed by atoms with Gasteiger partial charge in [0.2, 0.25) is 0 Å².